The molecule has 3 heteroatoms. The van der Waals surface area contributed by atoms with Crippen LogP contribution in [0, 0.1) is 0 Å². The molecule has 1 spiro atoms. The lowest BCUT2D eigenvalue weighted by Gasteiger charge is -2.36. The molecule has 184 valence electrons. The summed E-state index contributed by atoms with van der Waals surface area (Å²) in [5.74, 6) is 0. The Morgan fingerprint density at radius 2 is 1.17 bits per heavy atom. The molecule has 2 nitrogen and oxygen atoms in total. The largest absolute Gasteiger partial charge is 0.494 e. The van der Waals surface area contributed by atoms with E-state index in [1.165, 1.54) is 65.5 Å². The summed E-state index contributed by atoms with van der Waals surface area (Å²) in [7, 11) is -0.331. The van der Waals surface area contributed by atoms with E-state index in [4.69, 9.17) is 9.31 Å². The highest BCUT2D eigenvalue weighted by Gasteiger charge is 2.52. The van der Waals surface area contributed by atoms with E-state index >= 15 is 0 Å². The Morgan fingerprint density at radius 3 is 1.89 bits per heavy atom. The van der Waals surface area contributed by atoms with Crippen LogP contribution in [0.3, 0.4) is 0 Å². The first-order valence-electron chi connectivity index (χ1n) is 13.8. The summed E-state index contributed by atoms with van der Waals surface area (Å²) in [6.07, 6.45) is 6.55. The van der Waals surface area contributed by atoms with E-state index in [1.807, 2.05) is 0 Å². The number of hydrogen-bond acceptors (Lipinski definition) is 2. The number of rotatable bonds is 1. The van der Waals surface area contributed by atoms with Crippen molar-refractivity contribution in [3.8, 4) is 22.3 Å². The fourth-order valence-corrected chi connectivity index (χ4v) is 7.52. The zero-order valence-electron chi connectivity index (χ0n) is 22.6. The van der Waals surface area contributed by atoms with Gasteiger partial charge in [-0.1, -0.05) is 75.6 Å². The van der Waals surface area contributed by atoms with Crippen molar-refractivity contribution in [3.63, 3.8) is 0 Å². The molecule has 1 heterocycles. The van der Waals surface area contributed by atoms with Gasteiger partial charge in [-0.25, -0.2) is 0 Å². The molecule has 3 aromatic carbocycles. The quantitative estimate of drug-likeness (QED) is 0.338. The van der Waals surface area contributed by atoms with Gasteiger partial charge < -0.3 is 9.31 Å². The minimum Gasteiger partial charge on any atom is -0.399 e. The van der Waals surface area contributed by atoms with E-state index in [-0.39, 0.29) is 29.2 Å². The average molecular weight is 476 g/mol. The van der Waals surface area contributed by atoms with Gasteiger partial charge in [0, 0.05) is 10.8 Å². The predicted octanol–water partition coefficient (Wildman–Crippen LogP) is 7.52. The fraction of sp³-hybridized carbons (Fsp3) is 0.455. The molecule has 0 radical (unpaired) electrons. The van der Waals surface area contributed by atoms with Gasteiger partial charge in [0.2, 0.25) is 0 Å². The molecule has 0 N–H and O–H groups in total. The molecule has 0 amide bonds. The molecule has 3 aliphatic carbocycles. The van der Waals surface area contributed by atoms with Crippen LogP contribution in [0.5, 0.6) is 0 Å². The molecule has 3 aromatic rings. The fourth-order valence-electron chi connectivity index (χ4n) is 7.52. The van der Waals surface area contributed by atoms with Crippen molar-refractivity contribution in [2.75, 3.05) is 0 Å². The van der Waals surface area contributed by atoms with Crippen molar-refractivity contribution in [3.05, 3.63) is 76.9 Å². The molecule has 1 aliphatic heterocycles. The maximum Gasteiger partial charge on any atom is 0.494 e. The molecule has 7 rings (SSSR count). The van der Waals surface area contributed by atoms with Crippen molar-refractivity contribution in [2.24, 2.45) is 0 Å². The van der Waals surface area contributed by atoms with E-state index < -0.39 is 0 Å². The molecule has 1 saturated heterocycles. The van der Waals surface area contributed by atoms with Gasteiger partial charge in [0.05, 0.1) is 11.2 Å². The lowest BCUT2D eigenvalue weighted by atomic mass is 9.67. The molecular formula is C33H37BO2. The van der Waals surface area contributed by atoms with Gasteiger partial charge in [0.15, 0.2) is 0 Å². The summed E-state index contributed by atoms with van der Waals surface area (Å²) in [6, 6.07) is 21.2. The van der Waals surface area contributed by atoms with Crippen LogP contribution in [0.2, 0.25) is 0 Å². The monoisotopic (exact) mass is 476 g/mol. The standard InChI is InChI=1S/C33H37BO2/c1-30(2)27-18-21(34-35-31(3,4)32(5,6)36-34)14-15-23(27)24-20-29-25(19-28(24)30)22-12-8-9-13-26(22)33(29)16-10-7-11-17-33/h8-9,12-15,18-20H,7,10-11,16-17H2,1-6H3. The smallest absolute Gasteiger partial charge is 0.399 e. The maximum atomic E-state index is 6.41. The first kappa shape index (κ1) is 22.8. The number of fused-ring (bicyclic) bond motifs is 8. The second-order valence-corrected chi connectivity index (χ2v) is 13.1. The third-order valence-electron chi connectivity index (χ3n) is 10.3. The van der Waals surface area contributed by atoms with Gasteiger partial charge in [0.1, 0.15) is 0 Å². The minimum atomic E-state index is -0.336. The summed E-state index contributed by atoms with van der Waals surface area (Å²) >= 11 is 0. The highest BCUT2D eigenvalue weighted by Crippen LogP contribution is 2.59. The Balaban J connectivity index is 1.37. The Kier molecular flexibility index (Phi) is 4.53. The Morgan fingerprint density at radius 1 is 0.583 bits per heavy atom. The first-order chi connectivity index (χ1) is 17.1. The SMILES string of the molecule is CC1(C)c2cc(B3OC(C)(C)C(C)(C)O3)ccc2-c2cc3c(cc21)-c1ccccc1C31CCCCC1. The second-order valence-electron chi connectivity index (χ2n) is 13.1. The van der Waals surface area contributed by atoms with Crippen LogP contribution in [0.1, 0.15) is 95.9 Å². The van der Waals surface area contributed by atoms with Gasteiger partial charge >= 0.3 is 7.12 Å². The van der Waals surface area contributed by atoms with Gasteiger partial charge in [-0.3, -0.25) is 0 Å². The van der Waals surface area contributed by atoms with Crippen LogP contribution in [0.4, 0.5) is 0 Å². The maximum absolute atomic E-state index is 6.41. The van der Waals surface area contributed by atoms with Crippen molar-refractivity contribution in [1.82, 2.24) is 0 Å². The summed E-state index contributed by atoms with van der Waals surface area (Å²) in [5.41, 5.74) is 12.3. The number of benzene rings is 3. The van der Waals surface area contributed by atoms with E-state index in [1.54, 1.807) is 11.1 Å². The zero-order valence-corrected chi connectivity index (χ0v) is 22.6. The minimum absolute atomic E-state index is 0.0728. The van der Waals surface area contributed by atoms with Crippen LogP contribution in [0.25, 0.3) is 22.3 Å². The van der Waals surface area contributed by atoms with E-state index in [0.717, 1.165) is 5.46 Å². The van der Waals surface area contributed by atoms with E-state index in [9.17, 15) is 0 Å². The van der Waals surface area contributed by atoms with Crippen LogP contribution in [-0.4, -0.2) is 18.3 Å². The lowest BCUT2D eigenvalue weighted by Crippen LogP contribution is -2.41. The van der Waals surface area contributed by atoms with Crippen molar-refractivity contribution < 1.29 is 9.31 Å². The summed E-state index contributed by atoms with van der Waals surface area (Å²) < 4.78 is 12.8. The van der Waals surface area contributed by atoms with Crippen molar-refractivity contribution >= 4 is 12.6 Å². The molecule has 0 aromatic heterocycles. The van der Waals surface area contributed by atoms with Gasteiger partial charge in [-0.05, 0) is 103 Å². The van der Waals surface area contributed by atoms with E-state index in [0.29, 0.717) is 0 Å². The first-order valence-corrected chi connectivity index (χ1v) is 13.8. The van der Waals surface area contributed by atoms with Gasteiger partial charge in [-0.2, -0.15) is 0 Å². The van der Waals surface area contributed by atoms with E-state index in [2.05, 4.69) is 96.1 Å². The zero-order chi connectivity index (χ0) is 25.1. The second kappa shape index (κ2) is 7.14. The van der Waals surface area contributed by atoms with Crippen LogP contribution in [-0.2, 0) is 20.1 Å². The lowest BCUT2D eigenvalue weighted by molar-refractivity contribution is 0.00578. The predicted molar refractivity (Wildman–Crippen MR) is 149 cm³/mol. The molecule has 0 unspecified atom stereocenters. The normalized spacial score (nSPS) is 23.3. The molecular weight excluding hydrogens is 439 g/mol. The van der Waals surface area contributed by atoms with Gasteiger partial charge in [0.25, 0.3) is 0 Å². The summed E-state index contributed by atoms with van der Waals surface area (Å²) in [6.45, 7) is 13.3. The molecule has 36 heavy (non-hydrogen) atoms. The highest BCUT2D eigenvalue weighted by molar-refractivity contribution is 6.62. The van der Waals surface area contributed by atoms with Crippen LogP contribution < -0.4 is 5.46 Å². The Labute approximate surface area is 216 Å². The molecule has 0 bridgehead atoms. The van der Waals surface area contributed by atoms with Crippen LogP contribution >= 0.6 is 0 Å². The van der Waals surface area contributed by atoms with Gasteiger partial charge in [-0.15, -0.1) is 0 Å². The Bertz CT molecular complexity index is 1390. The third-order valence-corrected chi connectivity index (χ3v) is 10.3. The number of hydrogen-bond donors (Lipinski definition) is 0. The van der Waals surface area contributed by atoms with Crippen molar-refractivity contribution in [1.29, 1.82) is 0 Å². The van der Waals surface area contributed by atoms with Crippen molar-refractivity contribution in [2.45, 2.75) is 95.7 Å². The Hall–Kier alpha value is -2.36. The molecule has 0 atom stereocenters. The molecule has 4 aliphatic rings. The molecule has 1 saturated carbocycles. The average Bonchev–Trinajstić information content (AvgIpc) is 3.34. The summed E-state index contributed by atoms with van der Waals surface area (Å²) in [5, 5.41) is 0. The molecule has 2 fully saturated rings. The third kappa shape index (κ3) is 2.82. The van der Waals surface area contributed by atoms with Crippen LogP contribution in [0.15, 0.2) is 54.6 Å². The highest BCUT2D eigenvalue weighted by atomic mass is 16.7. The topological polar surface area (TPSA) is 18.5 Å². The summed E-state index contributed by atoms with van der Waals surface area (Å²) in [4.78, 5) is 0.